The Morgan fingerprint density at radius 3 is 2.00 bits per heavy atom. The predicted molar refractivity (Wildman–Crippen MR) is 134 cm³/mol. The van der Waals surface area contributed by atoms with Crippen molar-refractivity contribution in [1.29, 1.82) is 0 Å². The number of nitrogens with zero attached hydrogens (tertiary/aromatic N) is 2. The van der Waals surface area contributed by atoms with Gasteiger partial charge in [0.25, 0.3) is 0 Å². The highest BCUT2D eigenvalue weighted by atomic mass is 28.2. The molecule has 0 saturated heterocycles. The van der Waals surface area contributed by atoms with Crippen LogP contribution < -0.4 is 5.32 Å². The van der Waals surface area contributed by atoms with Crippen LogP contribution in [-0.4, -0.2) is 77.0 Å². The lowest BCUT2D eigenvalue weighted by Crippen LogP contribution is -2.35. The second kappa shape index (κ2) is 18.8. The van der Waals surface area contributed by atoms with Crippen molar-refractivity contribution in [3.63, 3.8) is 0 Å². The highest BCUT2D eigenvalue weighted by molar-refractivity contribution is 6.27. The van der Waals surface area contributed by atoms with E-state index in [1.807, 2.05) is 0 Å². The minimum absolute atomic E-state index is 0.123. The zero-order valence-corrected chi connectivity index (χ0v) is 22.6. The van der Waals surface area contributed by atoms with Crippen LogP contribution in [0.3, 0.4) is 0 Å². The average Bonchev–Trinajstić information content (AvgIpc) is 2.75. The molecule has 0 radical (unpaired) electrons. The van der Waals surface area contributed by atoms with E-state index in [4.69, 9.17) is 4.43 Å². The Hall–Kier alpha value is 0.0569. The van der Waals surface area contributed by atoms with Gasteiger partial charge in [-0.2, -0.15) is 0 Å². The van der Waals surface area contributed by atoms with Crippen LogP contribution in [0.4, 0.5) is 0 Å². The van der Waals surface area contributed by atoms with Gasteiger partial charge in [-0.15, -0.1) is 0 Å². The van der Waals surface area contributed by atoms with E-state index in [0.29, 0.717) is 6.04 Å². The monoisotopic (exact) mass is 429 g/mol. The van der Waals surface area contributed by atoms with Gasteiger partial charge in [-0.05, 0) is 104 Å². The van der Waals surface area contributed by atoms with E-state index in [2.05, 4.69) is 63.6 Å². The summed E-state index contributed by atoms with van der Waals surface area (Å²) in [6.45, 7) is 24.4. The van der Waals surface area contributed by atoms with Gasteiger partial charge in [-0.25, -0.2) is 0 Å². The third-order valence-electron chi connectivity index (χ3n) is 6.57. The second-order valence-electron chi connectivity index (χ2n) is 8.81. The summed E-state index contributed by atoms with van der Waals surface area (Å²) in [6, 6.07) is 1.97. The third-order valence-corrected chi connectivity index (χ3v) is 8.08. The van der Waals surface area contributed by atoms with E-state index in [1.165, 1.54) is 77.4 Å². The molecule has 5 heteroatoms. The maximum atomic E-state index is 6.35. The van der Waals surface area contributed by atoms with E-state index in [1.54, 1.807) is 0 Å². The molecule has 0 saturated carbocycles. The first-order valence-electron chi connectivity index (χ1n) is 12.8. The quantitative estimate of drug-likeness (QED) is 0.212. The molecule has 0 aliphatic rings. The minimum atomic E-state index is -0.426. The molecule has 176 valence electrons. The fraction of sp³-hybridized carbons (Fsp3) is 1.00. The minimum Gasteiger partial charge on any atom is -0.419 e. The Morgan fingerprint density at radius 1 is 0.828 bits per heavy atom. The highest BCUT2D eigenvalue weighted by Crippen LogP contribution is 2.18. The predicted octanol–water partition coefficient (Wildman–Crippen LogP) is 4.68. The van der Waals surface area contributed by atoms with Gasteiger partial charge in [-0.3, -0.25) is 0 Å². The maximum Gasteiger partial charge on any atom is 0.163 e. The fourth-order valence-corrected chi connectivity index (χ4v) is 5.47. The fourth-order valence-electron chi connectivity index (χ4n) is 3.84. The van der Waals surface area contributed by atoms with Crippen LogP contribution >= 0.6 is 0 Å². The molecule has 0 aromatic rings. The lowest BCUT2D eigenvalue weighted by Gasteiger charge is -2.29. The number of nitrogens with one attached hydrogen (secondary N) is 1. The molecule has 0 unspecified atom stereocenters. The van der Waals surface area contributed by atoms with E-state index >= 15 is 0 Å². The van der Waals surface area contributed by atoms with Crippen LogP contribution in [-0.2, 0) is 4.43 Å². The summed E-state index contributed by atoms with van der Waals surface area (Å²) in [7, 11) is -0.426. The Kier molecular flexibility index (Phi) is 18.8. The summed E-state index contributed by atoms with van der Waals surface area (Å²) in [4.78, 5) is 5.30. The smallest absolute Gasteiger partial charge is 0.163 e. The lowest BCUT2D eigenvalue weighted by molar-refractivity contribution is 0.0843. The summed E-state index contributed by atoms with van der Waals surface area (Å²) >= 11 is 0. The topological polar surface area (TPSA) is 27.7 Å². The standard InChI is InChI=1S/C24H55N3OSi/c1-8-17-26(13-6)19-15-20-27(18-14-16-25-23(9-2)10-3)21-22-29-28-24(7,11-4)12-5/h23,25H,8-22,29H2,1-7H3. The molecule has 0 aliphatic carbocycles. The Balaban J connectivity index is 4.35. The maximum absolute atomic E-state index is 6.35. The van der Waals surface area contributed by atoms with Gasteiger partial charge in [0.1, 0.15) is 0 Å². The first-order valence-corrected chi connectivity index (χ1v) is 14.4. The molecule has 29 heavy (non-hydrogen) atoms. The molecular weight excluding hydrogens is 374 g/mol. The first-order chi connectivity index (χ1) is 14.0. The first kappa shape index (κ1) is 29.1. The Morgan fingerprint density at radius 2 is 1.45 bits per heavy atom. The van der Waals surface area contributed by atoms with Gasteiger partial charge in [0.15, 0.2) is 9.76 Å². The lowest BCUT2D eigenvalue weighted by atomic mass is 10.0. The van der Waals surface area contributed by atoms with Crippen molar-refractivity contribution in [2.24, 2.45) is 0 Å². The molecule has 1 N–H and O–H groups in total. The Bertz CT molecular complexity index is 349. The third kappa shape index (κ3) is 14.7. The van der Waals surface area contributed by atoms with Gasteiger partial charge >= 0.3 is 0 Å². The molecule has 0 aromatic heterocycles. The molecule has 0 rings (SSSR count). The summed E-state index contributed by atoms with van der Waals surface area (Å²) in [5.41, 5.74) is 0.123. The molecular formula is C24H55N3OSi. The summed E-state index contributed by atoms with van der Waals surface area (Å²) in [5.74, 6) is 0. The van der Waals surface area contributed by atoms with E-state index in [9.17, 15) is 0 Å². The molecule has 0 fully saturated rings. The van der Waals surface area contributed by atoms with E-state index in [-0.39, 0.29) is 5.60 Å². The van der Waals surface area contributed by atoms with E-state index < -0.39 is 9.76 Å². The average molecular weight is 430 g/mol. The van der Waals surface area contributed by atoms with Crippen LogP contribution in [0.5, 0.6) is 0 Å². The summed E-state index contributed by atoms with van der Waals surface area (Å²) in [5, 5.41) is 3.73. The van der Waals surface area contributed by atoms with Crippen molar-refractivity contribution in [3.8, 4) is 0 Å². The summed E-state index contributed by atoms with van der Waals surface area (Å²) in [6.07, 6.45) is 8.54. The van der Waals surface area contributed by atoms with Gasteiger partial charge in [-0.1, -0.05) is 41.5 Å². The molecule has 0 aromatic carbocycles. The normalized spacial score (nSPS) is 13.0. The molecule has 0 amide bonds. The zero-order chi connectivity index (χ0) is 22.0. The van der Waals surface area contributed by atoms with Gasteiger partial charge < -0.3 is 19.5 Å². The highest BCUT2D eigenvalue weighted by Gasteiger charge is 2.19. The van der Waals surface area contributed by atoms with Crippen molar-refractivity contribution in [3.05, 3.63) is 0 Å². The van der Waals surface area contributed by atoms with Gasteiger partial charge in [0.05, 0.1) is 5.60 Å². The van der Waals surface area contributed by atoms with Crippen LogP contribution in [0.1, 0.15) is 93.4 Å². The number of hydrogen-bond donors (Lipinski definition) is 1. The van der Waals surface area contributed by atoms with Crippen LogP contribution in [0, 0.1) is 0 Å². The van der Waals surface area contributed by atoms with Gasteiger partial charge in [0, 0.05) is 6.04 Å². The molecule has 0 aliphatic heterocycles. The largest absolute Gasteiger partial charge is 0.419 e. The van der Waals surface area contributed by atoms with Crippen molar-refractivity contribution in [1.82, 2.24) is 15.1 Å². The van der Waals surface area contributed by atoms with Crippen molar-refractivity contribution in [2.45, 2.75) is 111 Å². The van der Waals surface area contributed by atoms with Crippen molar-refractivity contribution >= 4 is 9.76 Å². The molecule has 0 bridgehead atoms. The molecule has 4 nitrogen and oxygen atoms in total. The van der Waals surface area contributed by atoms with Crippen LogP contribution in [0.25, 0.3) is 0 Å². The summed E-state index contributed by atoms with van der Waals surface area (Å²) < 4.78 is 6.35. The van der Waals surface area contributed by atoms with Gasteiger partial charge in [0.2, 0.25) is 0 Å². The second-order valence-corrected chi connectivity index (χ2v) is 10.2. The van der Waals surface area contributed by atoms with Crippen LogP contribution in [0.15, 0.2) is 0 Å². The van der Waals surface area contributed by atoms with E-state index in [0.717, 1.165) is 19.4 Å². The Labute approximate surface area is 186 Å². The van der Waals surface area contributed by atoms with Crippen molar-refractivity contribution in [2.75, 3.05) is 45.8 Å². The molecule has 0 spiro atoms. The van der Waals surface area contributed by atoms with Crippen molar-refractivity contribution < 1.29 is 4.43 Å². The zero-order valence-electron chi connectivity index (χ0n) is 21.2. The van der Waals surface area contributed by atoms with Crippen LogP contribution in [0.2, 0.25) is 6.04 Å². The molecule has 0 heterocycles. The number of hydrogen-bond acceptors (Lipinski definition) is 4. The molecule has 0 atom stereocenters. The SMILES string of the molecule is CCCN(CC)CCCN(CCCNC(CC)CC)CC[SiH2]OC(C)(CC)CC. The number of rotatable bonds is 21.